The van der Waals surface area contributed by atoms with Gasteiger partial charge in [0.15, 0.2) is 0 Å². The molecule has 5 nitrogen and oxygen atoms in total. The number of fused-ring (bicyclic) bond motifs is 1. The van der Waals surface area contributed by atoms with Crippen molar-refractivity contribution in [1.82, 2.24) is 4.31 Å². The molecule has 1 aliphatic heterocycles. The number of benzene rings is 2. The van der Waals surface area contributed by atoms with Crippen molar-refractivity contribution in [2.24, 2.45) is 0 Å². The molecule has 0 unspecified atom stereocenters. The SMILES string of the molecule is Nc1ccc2c(c1)C(=O)N(Cc1cccc(Cl)c1)S2(=O)=O. The number of amides is 1. The second-order valence-electron chi connectivity index (χ2n) is 4.70. The van der Waals surface area contributed by atoms with Crippen LogP contribution in [0.4, 0.5) is 5.69 Å². The summed E-state index contributed by atoms with van der Waals surface area (Å²) in [6.45, 7) is -0.0592. The molecular weight excluding hydrogens is 312 g/mol. The first-order valence-electron chi connectivity index (χ1n) is 6.10. The number of anilines is 1. The molecule has 0 aromatic heterocycles. The highest BCUT2D eigenvalue weighted by Crippen LogP contribution is 2.32. The van der Waals surface area contributed by atoms with Crippen LogP contribution in [0.25, 0.3) is 0 Å². The Hall–Kier alpha value is -2.05. The van der Waals surface area contributed by atoms with Crippen molar-refractivity contribution in [3.05, 3.63) is 58.6 Å². The molecule has 0 spiro atoms. The Morgan fingerprint density at radius 2 is 1.90 bits per heavy atom. The van der Waals surface area contributed by atoms with Crippen LogP contribution < -0.4 is 5.73 Å². The van der Waals surface area contributed by atoms with E-state index in [4.69, 9.17) is 17.3 Å². The van der Waals surface area contributed by atoms with Crippen molar-refractivity contribution < 1.29 is 13.2 Å². The number of hydrogen-bond donors (Lipinski definition) is 1. The predicted octanol–water partition coefficient (Wildman–Crippen LogP) is 2.27. The van der Waals surface area contributed by atoms with Gasteiger partial charge in [-0.3, -0.25) is 4.79 Å². The summed E-state index contributed by atoms with van der Waals surface area (Å²) in [4.78, 5) is 12.3. The van der Waals surface area contributed by atoms with E-state index in [1.807, 2.05) is 0 Å². The molecule has 1 aliphatic rings. The van der Waals surface area contributed by atoms with Crippen LogP contribution >= 0.6 is 11.6 Å². The summed E-state index contributed by atoms with van der Waals surface area (Å²) >= 11 is 5.88. The van der Waals surface area contributed by atoms with Crippen molar-refractivity contribution in [3.63, 3.8) is 0 Å². The lowest BCUT2D eigenvalue weighted by Gasteiger charge is -2.15. The number of nitrogen functional groups attached to an aromatic ring is 1. The second-order valence-corrected chi connectivity index (χ2v) is 6.97. The van der Waals surface area contributed by atoms with E-state index >= 15 is 0 Å². The summed E-state index contributed by atoms with van der Waals surface area (Å²) < 4.78 is 25.7. The Bertz CT molecular complexity index is 849. The van der Waals surface area contributed by atoms with Crippen LogP contribution in [0.1, 0.15) is 15.9 Å². The Labute approximate surface area is 127 Å². The molecule has 0 saturated carbocycles. The first kappa shape index (κ1) is 13.9. The van der Waals surface area contributed by atoms with Crippen LogP contribution in [0, 0.1) is 0 Å². The van der Waals surface area contributed by atoms with E-state index in [0.717, 1.165) is 4.31 Å². The van der Waals surface area contributed by atoms with Crippen molar-refractivity contribution in [3.8, 4) is 0 Å². The topological polar surface area (TPSA) is 80.5 Å². The van der Waals surface area contributed by atoms with Gasteiger partial charge in [0.25, 0.3) is 15.9 Å². The highest BCUT2D eigenvalue weighted by Gasteiger charge is 2.41. The van der Waals surface area contributed by atoms with Gasteiger partial charge >= 0.3 is 0 Å². The molecule has 0 atom stereocenters. The first-order valence-corrected chi connectivity index (χ1v) is 7.92. The maximum absolute atomic E-state index is 12.4. The predicted molar refractivity (Wildman–Crippen MR) is 79.4 cm³/mol. The summed E-state index contributed by atoms with van der Waals surface area (Å²) in [5.41, 5.74) is 6.71. The molecule has 2 N–H and O–H groups in total. The summed E-state index contributed by atoms with van der Waals surface area (Å²) in [6.07, 6.45) is 0. The highest BCUT2D eigenvalue weighted by molar-refractivity contribution is 7.90. The van der Waals surface area contributed by atoms with Crippen molar-refractivity contribution in [2.75, 3.05) is 5.73 Å². The normalized spacial score (nSPS) is 16.0. The van der Waals surface area contributed by atoms with Crippen LogP contribution in [0.5, 0.6) is 0 Å². The number of carbonyl (C=O) groups excluding carboxylic acids is 1. The molecule has 1 amide bonds. The zero-order chi connectivity index (χ0) is 15.2. The standard InChI is InChI=1S/C14H11ClN2O3S/c15-10-3-1-2-9(6-10)8-17-14(18)12-7-11(16)4-5-13(12)21(17,19)20/h1-7H,8,16H2. The average Bonchev–Trinajstić information content (AvgIpc) is 2.60. The Morgan fingerprint density at radius 3 is 2.62 bits per heavy atom. The number of hydrogen-bond acceptors (Lipinski definition) is 4. The molecule has 21 heavy (non-hydrogen) atoms. The zero-order valence-electron chi connectivity index (χ0n) is 10.8. The van der Waals surface area contributed by atoms with Gasteiger partial charge in [0, 0.05) is 10.7 Å². The zero-order valence-corrected chi connectivity index (χ0v) is 12.4. The molecule has 2 aromatic rings. The maximum atomic E-state index is 12.4. The van der Waals surface area contributed by atoms with Gasteiger partial charge in [-0.05, 0) is 35.9 Å². The monoisotopic (exact) mass is 322 g/mol. The lowest BCUT2D eigenvalue weighted by atomic mass is 10.1. The number of rotatable bonds is 2. The van der Waals surface area contributed by atoms with Crippen LogP contribution in [0.15, 0.2) is 47.4 Å². The molecular formula is C14H11ClN2O3S. The van der Waals surface area contributed by atoms with Gasteiger partial charge in [-0.1, -0.05) is 23.7 Å². The van der Waals surface area contributed by atoms with Crippen LogP contribution in [-0.2, 0) is 16.6 Å². The van der Waals surface area contributed by atoms with E-state index < -0.39 is 15.9 Å². The van der Waals surface area contributed by atoms with Crippen LogP contribution in [0.2, 0.25) is 5.02 Å². The number of carbonyl (C=O) groups is 1. The average molecular weight is 323 g/mol. The molecule has 3 rings (SSSR count). The third kappa shape index (κ3) is 2.26. The van der Waals surface area contributed by atoms with Gasteiger partial charge < -0.3 is 5.73 Å². The molecule has 0 bridgehead atoms. The molecule has 0 fully saturated rings. The van der Waals surface area contributed by atoms with Crippen LogP contribution in [-0.4, -0.2) is 18.6 Å². The Morgan fingerprint density at radius 1 is 1.14 bits per heavy atom. The number of nitrogens with zero attached hydrogens (tertiary/aromatic N) is 1. The molecule has 0 saturated heterocycles. The largest absolute Gasteiger partial charge is 0.399 e. The third-order valence-electron chi connectivity index (χ3n) is 3.24. The summed E-state index contributed by atoms with van der Waals surface area (Å²) in [7, 11) is -3.84. The van der Waals surface area contributed by atoms with E-state index in [-0.39, 0.29) is 17.0 Å². The Balaban J connectivity index is 2.04. The Kier molecular flexibility index (Phi) is 3.15. The minimum absolute atomic E-state index is 0.0104. The molecule has 1 heterocycles. The summed E-state index contributed by atoms with van der Waals surface area (Å²) in [6, 6.07) is 10.9. The first-order chi connectivity index (χ1) is 9.89. The van der Waals surface area contributed by atoms with Crippen molar-refractivity contribution in [2.45, 2.75) is 11.4 Å². The minimum Gasteiger partial charge on any atom is -0.399 e. The van der Waals surface area contributed by atoms with E-state index in [0.29, 0.717) is 16.3 Å². The molecule has 2 aromatic carbocycles. The van der Waals surface area contributed by atoms with Gasteiger partial charge in [0.05, 0.1) is 12.1 Å². The summed E-state index contributed by atoms with van der Waals surface area (Å²) in [5, 5.41) is 0.485. The van der Waals surface area contributed by atoms with Gasteiger partial charge in [-0.25, -0.2) is 12.7 Å². The third-order valence-corrected chi connectivity index (χ3v) is 5.27. The van der Waals surface area contributed by atoms with E-state index in [1.165, 1.54) is 18.2 Å². The summed E-state index contributed by atoms with van der Waals surface area (Å²) in [5.74, 6) is -0.572. The van der Waals surface area contributed by atoms with Gasteiger partial charge in [0.2, 0.25) is 0 Å². The fraction of sp³-hybridized carbons (Fsp3) is 0.0714. The van der Waals surface area contributed by atoms with Gasteiger partial charge in [-0.15, -0.1) is 0 Å². The second kappa shape index (κ2) is 4.75. The van der Waals surface area contributed by atoms with E-state index in [9.17, 15) is 13.2 Å². The number of halogens is 1. The van der Waals surface area contributed by atoms with Crippen molar-refractivity contribution >= 4 is 33.2 Å². The van der Waals surface area contributed by atoms with Gasteiger partial charge in [-0.2, -0.15) is 0 Å². The molecule has 108 valence electrons. The van der Waals surface area contributed by atoms with E-state index in [2.05, 4.69) is 0 Å². The number of sulfonamides is 1. The smallest absolute Gasteiger partial charge is 0.269 e. The quantitative estimate of drug-likeness (QED) is 0.860. The fourth-order valence-corrected chi connectivity index (χ4v) is 4.01. The minimum atomic E-state index is -3.84. The lowest BCUT2D eigenvalue weighted by molar-refractivity contribution is 0.0865. The maximum Gasteiger partial charge on any atom is 0.269 e. The number of nitrogens with two attached hydrogens (primary N) is 1. The fourth-order valence-electron chi connectivity index (χ4n) is 2.26. The van der Waals surface area contributed by atoms with E-state index in [1.54, 1.807) is 24.3 Å². The van der Waals surface area contributed by atoms with Crippen LogP contribution in [0.3, 0.4) is 0 Å². The highest BCUT2D eigenvalue weighted by atomic mass is 35.5. The van der Waals surface area contributed by atoms with Crippen molar-refractivity contribution in [1.29, 1.82) is 0 Å². The van der Waals surface area contributed by atoms with Gasteiger partial charge in [0.1, 0.15) is 4.90 Å². The molecule has 7 heteroatoms. The molecule has 0 aliphatic carbocycles. The molecule has 0 radical (unpaired) electrons. The lowest BCUT2D eigenvalue weighted by Crippen LogP contribution is -2.29.